The molecule has 0 radical (unpaired) electrons. The molecule has 1 heterocycles. The van der Waals surface area contributed by atoms with E-state index in [1.54, 1.807) is 25.8 Å². The minimum absolute atomic E-state index is 0.0236. The number of likely N-dealkylation sites (N-methyl/N-ethyl adjacent to an activating group) is 1. The van der Waals surface area contributed by atoms with Gasteiger partial charge < -0.3 is 14.9 Å². The number of likely N-dealkylation sites (tertiary alicyclic amines) is 1. The van der Waals surface area contributed by atoms with E-state index < -0.39 is 6.10 Å². The normalized spacial score (nSPS) is 22.0. The standard InChI is InChI=1S/C11H21N3O2/c1-8(15)6-11(16)13(3)10-4-5-14(7-10)9(2)12/h8,10,12,15H,4-7H2,1-3H3. The molecule has 16 heavy (non-hydrogen) atoms. The maximum Gasteiger partial charge on any atom is 0.225 e. The van der Waals surface area contributed by atoms with Crippen molar-refractivity contribution in [1.82, 2.24) is 9.80 Å². The van der Waals surface area contributed by atoms with Crippen molar-refractivity contribution in [1.29, 1.82) is 5.41 Å². The third-order valence-corrected chi connectivity index (χ3v) is 3.05. The molecule has 1 aliphatic rings. The monoisotopic (exact) mass is 227 g/mol. The quantitative estimate of drug-likeness (QED) is 0.538. The van der Waals surface area contributed by atoms with Crippen molar-refractivity contribution >= 4 is 11.7 Å². The summed E-state index contributed by atoms with van der Waals surface area (Å²) < 4.78 is 0. The van der Waals surface area contributed by atoms with Gasteiger partial charge in [0.05, 0.1) is 24.4 Å². The molecule has 1 saturated heterocycles. The largest absolute Gasteiger partial charge is 0.393 e. The number of hydrogen-bond acceptors (Lipinski definition) is 3. The van der Waals surface area contributed by atoms with E-state index in [2.05, 4.69) is 0 Å². The number of amides is 1. The van der Waals surface area contributed by atoms with Crippen molar-refractivity contribution in [3.8, 4) is 0 Å². The predicted molar refractivity (Wildman–Crippen MR) is 62.4 cm³/mol. The first kappa shape index (κ1) is 13.0. The van der Waals surface area contributed by atoms with E-state index in [4.69, 9.17) is 10.5 Å². The van der Waals surface area contributed by atoms with E-state index in [0.29, 0.717) is 5.84 Å². The van der Waals surface area contributed by atoms with E-state index in [0.717, 1.165) is 19.5 Å². The number of carbonyl (C=O) groups excluding carboxylic acids is 1. The maximum absolute atomic E-state index is 11.7. The maximum atomic E-state index is 11.7. The van der Waals surface area contributed by atoms with Crippen LogP contribution in [0.5, 0.6) is 0 Å². The van der Waals surface area contributed by atoms with Gasteiger partial charge in [0.25, 0.3) is 0 Å². The summed E-state index contributed by atoms with van der Waals surface area (Å²) >= 11 is 0. The minimum atomic E-state index is -0.586. The number of aliphatic hydroxyl groups is 1. The van der Waals surface area contributed by atoms with Crippen LogP contribution in [0.3, 0.4) is 0 Å². The summed E-state index contributed by atoms with van der Waals surface area (Å²) in [5, 5.41) is 16.7. The number of nitrogens with one attached hydrogen (secondary N) is 1. The Kier molecular flexibility index (Phi) is 4.29. The molecule has 92 valence electrons. The Bertz CT molecular complexity index is 278. The van der Waals surface area contributed by atoms with Gasteiger partial charge in [-0.15, -0.1) is 0 Å². The van der Waals surface area contributed by atoms with E-state index in [-0.39, 0.29) is 18.4 Å². The Labute approximate surface area is 96.5 Å². The number of rotatable bonds is 3. The second-order valence-electron chi connectivity index (χ2n) is 4.53. The smallest absolute Gasteiger partial charge is 0.225 e. The molecule has 0 aliphatic carbocycles. The van der Waals surface area contributed by atoms with Gasteiger partial charge in [-0.3, -0.25) is 10.2 Å². The fourth-order valence-corrected chi connectivity index (χ4v) is 1.96. The van der Waals surface area contributed by atoms with Crippen LogP contribution < -0.4 is 0 Å². The molecule has 1 fully saturated rings. The van der Waals surface area contributed by atoms with Crippen molar-refractivity contribution < 1.29 is 9.90 Å². The zero-order chi connectivity index (χ0) is 12.3. The summed E-state index contributed by atoms with van der Waals surface area (Å²) in [6.45, 7) is 4.96. The van der Waals surface area contributed by atoms with Crippen LogP contribution in [0.1, 0.15) is 26.7 Å². The van der Waals surface area contributed by atoms with E-state index in [9.17, 15) is 4.79 Å². The average molecular weight is 227 g/mol. The lowest BCUT2D eigenvalue weighted by atomic mass is 10.2. The third kappa shape index (κ3) is 3.20. The Morgan fingerprint density at radius 2 is 2.31 bits per heavy atom. The number of amidine groups is 1. The van der Waals surface area contributed by atoms with Gasteiger partial charge in [-0.1, -0.05) is 0 Å². The molecule has 0 saturated carbocycles. The molecule has 5 nitrogen and oxygen atoms in total. The molecule has 0 bridgehead atoms. The van der Waals surface area contributed by atoms with Gasteiger partial charge in [0.1, 0.15) is 0 Å². The lowest BCUT2D eigenvalue weighted by Gasteiger charge is -2.25. The van der Waals surface area contributed by atoms with Crippen LogP contribution in [0.25, 0.3) is 0 Å². The topological polar surface area (TPSA) is 67.6 Å². The summed E-state index contributed by atoms with van der Waals surface area (Å²) in [4.78, 5) is 15.4. The highest BCUT2D eigenvalue weighted by Gasteiger charge is 2.28. The van der Waals surface area contributed by atoms with Crippen LogP contribution in [0.2, 0.25) is 0 Å². The molecular weight excluding hydrogens is 206 g/mol. The van der Waals surface area contributed by atoms with E-state index >= 15 is 0 Å². The molecule has 5 heteroatoms. The van der Waals surface area contributed by atoms with Crippen LogP contribution in [-0.2, 0) is 4.79 Å². The van der Waals surface area contributed by atoms with Crippen LogP contribution >= 0.6 is 0 Å². The fourth-order valence-electron chi connectivity index (χ4n) is 1.96. The van der Waals surface area contributed by atoms with E-state index in [1.165, 1.54) is 0 Å². The van der Waals surface area contributed by atoms with Crippen LogP contribution in [0, 0.1) is 5.41 Å². The Hall–Kier alpha value is -1.10. The summed E-state index contributed by atoms with van der Waals surface area (Å²) in [5.74, 6) is 0.531. The van der Waals surface area contributed by atoms with Crippen LogP contribution in [0.15, 0.2) is 0 Å². The Morgan fingerprint density at radius 3 is 2.75 bits per heavy atom. The first-order chi connectivity index (χ1) is 7.41. The zero-order valence-corrected chi connectivity index (χ0v) is 10.2. The zero-order valence-electron chi connectivity index (χ0n) is 10.2. The Balaban J connectivity index is 2.47. The molecule has 0 aromatic carbocycles. The van der Waals surface area contributed by atoms with Gasteiger partial charge in [-0.2, -0.15) is 0 Å². The van der Waals surface area contributed by atoms with Crippen molar-refractivity contribution in [3.63, 3.8) is 0 Å². The lowest BCUT2D eigenvalue weighted by Crippen LogP contribution is -2.40. The van der Waals surface area contributed by atoms with Crippen molar-refractivity contribution in [3.05, 3.63) is 0 Å². The van der Waals surface area contributed by atoms with E-state index in [1.807, 2.05) is 4.90 Å². The molecule has 1 rings (SSSR count). The minimum Gasteiger partial charge on any atom is -0.393 e. The number of aliphatic hydroxyl groups excluding tert-OH is 1. The number of nitrogens with zero attached hydrogens (tertiary/aromatic N) is 2. The van der Waals surface area contributed by atoms with Gasteiger partial charge in [0.2, 0.25) is 5.91 Å². The third-order valence-electron chi connectivity index (χ3n) is 3.05. The van der Waals surface area contributed by atoms with Crippen molar-refractivity contribution in [2.24, 2.45) is 0 Å². The number of carbonyl (C=O) groups is 1. The molecule has 1 aliphatic heterocycles. The first-order valence-corrected chi connectivity index (χ1v) is 5.65. The van der Waals surface area contributed by atoms with Crippen LogP contribution in [0.4, 0.5) is 0 Å². The van der Waals surface area contributed by atoms with Gasteiger partial charge in [0, 0.05) is 20.1 Å². The lowest BCUT2D eigenvalue weighted by molar-refractivity contribution is -0.133. The number of hydrogen-bond donors (Lipinski definition) is 2. The van der Waals surface area contributed by atoms with Gasteiger partial charge >= 0.3 is 0 Å². The highest BCUT2D eigenvalue weighted by molar-refractivity contribution is 5.78. The Morgan fingerprint density at radius 1 is 1.69 bits per heavy atom. The highest BCUT2D eigenvalue weighted by atomic mass is 16.3. The van der Waals surface area contributed by atoms with Crippen LogP contribution in [-0.4, -0.2) is 58.9 Å². The first-order valence-electron chi connectivity index (χ1n) is 5.65. The molecule has 0 spiro atoms. The van der Waals surface area contributed by atoms with Gasteiger partial charge in [0.15, 0.2) is 0 Å². The molecule has 2 N–H and O–H groups in total. The SMILES string of the molecule is CC(=N)N1CCC(N(C)C(=O)CC(C)O)C1. The highest BCUT2D eigenvalue weighted by Crippen LogP contribution is 2.15. The summed E-state index contributed by atoms with van der Waals surface area (Å²) in [6, 6.07) is 0.173. The van der Waals surface area contributed by atoms with Crippen molar-refractivity contribution in [2.75, 3.05) is 20.1 Å². The van der Waals surface area contributed by atoms with Gasteiger partial charge in [-0.05, 0) is 20.3 Å². The fraction of sp³-hybridized carbons (Fsp3) is 0.818. The molecule has 1 amide bonds. The molecule has 0 aromatic heterocycles. The molecule has 0 aromatic rings. The molecular formula is C11H21N3O2. The average Bonchev–Trinajstić information content (AvgIpc) is 2.64. The second-order valence-corrected chi connectivity index (χ2v) is 4.53. The van der Waals surface area contributed by atoms with Crippen molar-refractivity contribution in [2.45, 2.75) is 38.8 Å². The second kappa shape index (κ2) is 5.30. The molecule has 2 unspecified atom stereocenters. The molecule has 2 atom stereocenters. The summed E-state index contributed by atoms with van der Waals surface area (Å²) in [6.07, 6.45) is 0.492. The predicted octanol–water partition coefficient (Wildman–Crippen LogP) is 0.287. The summed E-state index contributed by atoms with van der Waals surface area (Å²) in [5.41, 5.74) is 0. The van der Waals surface area contributed by atoms with Gasteiger partial charge in [-0.25, -0.2) is 0 Å². The summed E-state index contributed by atoms with van der Waals surface area (Å²) in [7, 11) is 1.78.